The number of rotatable bonds is 2. The van der Waals surface area contributed by atoms with Crippen molar-refractivity contribution in [2.45, 2.75) is 30.6 Å². The van der Waals surface area contributed by atoms with E-state index in [-0.39, 0.29) is 16.7 Å². The maximum atomic E-state index is 11.1. The van der Waals surface area contributed by atoms with E-state index in [0.29, 0.717) is 19.4 Å². The van der Waals surface area contributed by atoms with Crippen LogP contribution in [0.2, 0.25) is 0 Å². The number of hydrogen-bond acceptors (Lipinski definition) is 3. The highest BCUT2D eigenvalue weighted by molar-refractivity contribution is 7.85. The van der Waals surface area contributed by atoms with Gasteiger partial charge in [0.05, 0.1) is 4.90 Å². The zero-order chi connectivity index (χ0) is 13.3. The van der Waals surface area contributed by atoms with Gasteiger partial charge in [0.1, 0.15) is 0 Å². The number of aryl methyl sites for hydroxylation is 1. The van der Waals surface area contributed by atoms with E-state index in [0.717, 1.165) is 11.1 Å². The molecule has 0 bridgehead atoms. The van der Waals surface area contributed by atoms with Gasteiger partial charge in [-0.15, -0.1) is 0 Å². The molecule has 1 aromatic carbocycles. The van der Waals surface area contributed by atoms with Gasteiger partial charge in [0.2, 0.25) is 5.91 Å². The Balaban J connectivity index is 2.35. The first-order valence-electron chi connectivity index (χ1n) is 5.72. The smallest absolute Gasteiger partial charge is 0.294 e. The molecule has 1 heterocycles. The van der Waals surface area contributed by atoms with Gasteiger partial charge >= 0.3 is 0 Å². The Morgan fingerprint density at radius 1 is 1.39 bits per heavy atom. The molecule has 1 fully saturated rings. The van der Waals surface area contributed by atoms with Crippen LogP contribution in [0.25, 0.3) is 0 Å². The van der Waals surface area contributed by atoms with Crippen molar-refractivity contribution in [2.24, 2.45) is 0 Å². The van der Waals surface area contributed by atoms with E-state index >= 15 is 0 Å². The second-order valence-corrected chi connectivity index (χ2v) is 5.95. The zero-order valence-electron chi connectivity index (χ0n) is 10.0. The van der Waals surface area contributed by atoms with Crippen LogP contribution >= 0.6 is 0 Å². The third-order valence-electron chi connectivity index (χ3n) is 3.25. The topological polar surface area (TPSA) is 83.5 Å². The number of carbonyl (C=O) groups is 1. The van der Waals surface area contributed by atoms with Gasteiger partial charge in [0.15, 0.2) is 0 Å². The molecule has 1 amide bonds. The van der Waals surface area contributed by atoms with Crippen LogP contribution in [0.3, 0.4) is 0 Å². The molecule has 0 aromatic heterocycles. The molecule has 2 N–H and O–H groups in total. The van der Waals surface area contributed by atoms with Crippen LogP contribution in [-0.4, -0.2) is 25.4 Å². The molecule has 2 rings (SSSR count). The first-order valence-corrected chi connectivity index (χ1v) is 7.16. The number of hydrogen-bond donors (Lipinski definition) is 2. The van der Waals surface area contributed by atoms with Crippen LogP contribution in [-0.2, 0) is 14.9 Å². The maximum Gasteiger partial charge on any atom is 0.294 e. The monoisotopic (exact) mass is 269 g/mol. The SMILES string of the molecule is Cc1ccc(S(=O)(=O)O)cc1C1CCC(=O)NC1. The van der Waals surface area contributed by atoms with Crippen molar-refractivity contribution >= 4 is 16.0 Å². The summed E-state index contributed by atoms with van der Waals surface area (Å²) in [6, 6.07) is 4.55. The molecule has 0 radical (unpaired) electrons. The second-order valence-electron chi connectivity index (χ2n) is 4.53. The van der Waals surface area contributed by atoms with Crippen molar-refractivity contribution in [2.75, 3.05) is 6.54 Å². The van der Waals surface area contributed by atoms with E-state index in [1.807, 2.05) is 6.92 Å². The van der Waals surface area contributed by atoms with E-state index in [2.05, 4.69) is 5.32 Å². The molecular weight excluding hydrogens is 254 g/mol. The van der Waals surface area contributed by atoms with Crippen molar-refractivity contribution in [3.63, 3.8) is 0 Å². The zero-order valence-corrected chi connectivity index (χ0v) is 10.8. The van der Waals surface area contributed by atoms with Crippen LogP contribution in [0, 0.1) is 6.92 Å². The number of amides is 1. The Morgan fingerprint density at radius 2 is 2.11 bits per heavy atom. The first-order chi connectivity index (χ1) is 8.38. The van der Waals surface area contributed by atoms with Gasteiger partial charge in [-0.05, 0) is 36.6 Å². The summed E-state index contributed by atoms with van der Waals surface area (Å²) in [6.07, 6.45) is 1.14. The molecule has 0 saturated carbocycles. The fraction of sp³-hybridized carbons (Fsp3) is 0.417. The highest BCUT2D eigenvalue weighted by Crippen LogP contribution is 2.28. The van der Waals surface area contributed by atoms with Crippen molar-refractivity contribution in [3.05, 3.63) is 29.3 Å². The minimum atomic E-state index is -4.18. The number of nitrogens with one attached hydrogen (secondary N) is 1. The first kappa shape index (κ1) is 13.0. The van der Waals surface area contributed by atoms with Crippen LogP contribution in [0.15, 0.2) is 23.1 Å². The molecule has 5 nitrogen and oxygen atoms in total. The average Bonchev–Trinajstić information content (AvgIpc) is 2.29. The molecule has 0 spiro atoms. The largest absolute Gasteiger partial charge is 0.355 e. The minimum absolute atomic E-state index is 0.0230. The molecule has 1 unspecified atom stereocenters. The molecule has 98 valence electrons. The number of piperidine rings is 1. The third-order valence-corrected chi connectivity index (χ3v) is 4.10. The quantitative estimate of drug-likeness (QED) is 0.791. The molecule has 18 heavy (non-hydrogen) atoms. The van der Waals surface area contributed by atoms with Gasteiger partial charge < -0.3 is 5.32 Å². The fourth-order valence-corrected chi connectivity index (χ4v) is 2.73. The van der Waals surface area contributed by atoms with Crippen molar-refractivity contribution in [3.8, 4) is 0 Å². The van der Waals surface area contributed by atoms with Gasteiger partial charge in [-0.3, -0.25) is 9.35 Å². The molecule has 1 atom stereocenters. The Bertz CT molecular complexity index is 570. The highest BCUT2D eigenvalue weighted by Gasteiger charge is 2.22. The van der Waals surface area contributed by atoms with Crippen LogP contribution in [0.5, 0.6) is 0 Å². The van der Waals surface area contributed by atoms with E-state index in [1.54, 1.807) is 6.07 Å². The Morgan fingerprint density at radius 3 is 2.67 bits per heavy atom. The summed E-state index contributed by atoms with van der Waals surface area (Å²) in [5.41, 5.74) is 1.83. The van der Waals surface area contributed by atoms with Crippen molar-refractivity contribution in [1.82, 2.24) is 5.32 Å². The van der Waals surface area contributed by atoms with Gasteiger partial charge in [0, 0.05) is 18.9 Å². The summed E-state index contributed by atoms with van der Waals surface area (Å²) in [6.45, 7) is 2.40. The van der Waals surface area contributed by atoms with Gasteiger partial charge in [-0.25, -0.2) is 0 Å². The van der Waals surface area contributed by atoms with E-state index in [4.69, 9.17) is 4.55 Å². The number of carbonyl (C=O) groups excluding carboxylic acids is 1. The standard InChI is InChI=1S/C12H15NO4S/c1-8-2-4-10(18(15,16)17)6-11(8)9-3-5-12(14)13-7-9/h2,4,6,9H,3,5,7H2,1H3,(H,13,14)(H,15,16,17). The molecule has 0 aliphatic carbocycles. The third kappa shape index (κ3) is 2.70. The Labute approximate surface area is 106 Å². The molecular formula is C12H15NO4S. The molecule has 1 aliphatic rings. The summed E-state index contributed by atoms with van der Waals surface area (Å²) < 4.78 is 31.3. The normalized spacial score (nSPS) is 20.6. The van der Waals surface area contributed by atoms with Gasteiger partial charge in [0.25, 0.3) is 10.1 Å². The lowest BCUT2D eigenvalue weighted by molar-refractivity contribution is -0.122. The van der Waals surface area contributed by atoms with E-state index < -0.39 is 10.1 Å². The summed E-state index contributed by atoms with van der Waals surface area (Å²) in [7, 11) is -4.18. The van der Waals surface area contributed by atoms with Crippen LogP contribution in [0.4, 0.5) is 0 Å². The maximum absolute atomic E-state index is 11.1. The highest BCUT2D eigenvalue weighted by atomic mass is 32.2. The van der Waals surface area contributed by atoms with E-state index in [9.17, 15) is 13.2 Å². The summed E-state index contributed by atoms with van der Waals surface area (Å²) in [5, 5.41) is 2.77. The van der Waals surface area contributed by atoms with Gasteiger partial charge in [-0.2, -0.15) is 8.42 Å². The summed E-state index contributed by atoms with van der Waals surface area (Å²) in [5.74, 6) is 0.124. The molecule has 1 saturated heterocycles. The van der Waals surface area contributed by atoms with Crippen LogP contribution in [0.1, 0.15) is 29.9 Å². The summed E-state index contributed by atoms with van der Waals surface area (Å²) >= 11 is 0. The molecule has 1 aliphatic heterocycles. The Hall–Kier alpha value is -1.40. The summed E-state index contributed by atoms with van der Waals surface area (Å²) in [4.78, 5) is 11.0. The van der Waals surface area contributed by atoms with Crippen molar-refractivity contribution < 1.29 is 17.8 Å². The van der Waals surface area contributed by atoms with Crippen LogP contribution < -0.4 is 5.32 Å². The molecule has 1 aromatic rings. The van der Waals surface area contributed by atoms with E-state index in [1.165, 1.54) is 12.1 Å². The molecule has 6 heteroatoms. The lowest BCUT2D eigenvalue weighted by atomic mass is 9.89. The predicted molar refractivity (Wildman–Crippen MR) is 66.0 cm³/mol. The lowest BCUT2D eigenvalue weighted by Gasteiger charge is -2.24. The Kier molecular flexibility index (Phi) is 3.41. The van der Waals surface area contributed by atoms with Crippen molar-refractivity contribution in [1.29, 1.82) is 0 Å². The second kappa shape index (κ2) is 4.70. The average molecular weight is 269 g/mol. The van der Waals surface area contributed by atoms with Gasteiger partial charge in [-0.1, -0.05) is 6.07 Å². The number of benzene rings is 1. The minimum Gasteiger partial charge on any atom is -0.355 e. The predicted octanol–water partition coefficient (Wildman–Crippen LogP) is 1.24. The lowest BCUT2D eigenvalue weighted by Crippen LogP contribution is -2.34. The fourth-order valence-electron chi connectivity index (χ4n) is 2.22.